The van der Waals surface area contributed by atoms with E-state index in [0.29, 0.717) is 10.6 Å². The fourth-order valence-electron chi connectivity index (χ4n) is 1.16. The average Bonchev–Trinajstić information content (AvgIpc) is 2.21. The second kappa shape index (κ2) is 5.16. The van der Waals surface area contributed by atoms with Gasteiger partial charge >= 0.3 is 0 Å². The lowest BCUT2D eigenvalue weighted by Crippen LogP contribution is -2.15. The minimum Gasteiger partial charge on any atom is -0.294 e. The average molecular weight is 247 g/mol. The largest absolute Gasteiger partial charge is 0.296 e. The number of carbonyl (C=O) groups excluding carboxylic acids is 2. The van der Waals surface area contributed by atoms with Crippen molar-refractivity contribution in [2.45, 2.75) is 19.8 Å². The van der Waals surface area contributed by atoms with Crippen molar-refractivity contribution in [2.24, 2.45) is 0 Å². The zero-order chi connectivity index (χ0) is 12.3. The van der Waals surface area contributed by atoms with Crippen LogP contribution in [0.1, 0.15) is 22.3 Å². The van der Waals surface area contributed by atoms with Crippen molar-refractivity contribution in [3.8, 4) is 0 Å². The fraction of sp³-hybridized carbons (Fsp3) is 0.273. The summed E-state index contributed by atoms with van der Waals surface area (Å²) in [7, 11) is 0. The monoisotopic (exact) mass is 246 g/mol. The normalized spacial score (nSPS) is 10.6. The summed E-state index contributed by atoms with van der Waals surface area (Å²) < 4.78 is 23.8. The van der Waals surface area contributed by atoms with Crippen molar-refractivity contribution in [1.29, 1.82) is 0 Å². The minimum absolute atomic E-state index is 0.218. The number of aryl methyl sites for hydroxylation is 1. The van der Waals surface area contributed by atoms with Crippen molar-refractivity contribution in [1.82, 2.24) is 0 Å². The molecule has 0 aliphatic heterocycles. The first kappa shape index (κ1) is 12.8. The van der Waals surface area contributed by atoms with Crippen LogP contribution in [-0.4, -0.2) is 18.0 Å². The summed E-state index contributed by atoms with van der Waals surface area (Å²) in [5.74, 6) is -1.98. The Balaban J connectivity index is 2.81. The van der Waals surface area contributed by atoms with Crippen molar-refractivity contribution in [3.63, 3.8) is 0 Å². The van der Waals surface area contributed by atoms with E-state index in [-0.39, 0.29) is 5.56 Å². The van der Waals surface area contributed by atoms with E-state index in [2.05, 4.69) is 0 Å². The lowest BCUT2D eigenvalue weighted by Gasteiger charge is -2.03. The standard InChI is InChI=1S/C11H9ClF2O2/c1-6-4-7(2-3-8(6)12)9(15)5-10(16)11(13)14/h2-4,11H,5H2,1H3. The Morgan fingerprint density at radius 3 is 2.50 bits per heavy atom. The molecule has 0 fully saturated rings. The molecular weight excluding hydrogens is 238 g/mol. The number of benzene rings is 1. The molecule has 0 aliphatic rings. The molecule has 0 saturated heterocycles. The second-order valence-electron chi connectivity index (χ2n) is 3.33. The zero-order valence-corrected chi connectivity index (χ0v) is 9.22. The number of halogens is 3. The van der Waals surface area contributed by atoms with Crippen LogP contribution in [0.2, 0.25) is 5.02 Å². The number of hydrogen-bond acceptors (Lipinski definition) is 2. The quantitative estimate of drug-likeness (QED) is 0.604. The first-order valence-electron chi connectivity index (χ1n) is 4.52. The van der Waals surface area contributed by atoms with Gasteiger partial charge in [0.2, 0.25) is 5.78 Å². The van der Waals surface area contributed by atoms with E-state index in [9.17, 15) is 18.4 Å². The maximum Gasteiger partial charge on any atom is 0.296 e. The number of rotatable bonds is 4. The van der Waals surface area contributed by atoms with E-state index in [4.69, 9.17) is 11.6 Å². The van der Waals surface area contributed by atoms with Crippen molar-refractivity contribution < 1.29 is 18.4 Å². The van der Waals surface area contributed by atoms with E-state index < -0.39 is 24.4 Å². The maximum absolute atomic E-state index is 11.9. The predicted octanol–water partition coefficient (Wildman–Crippen LogP) is 3.06. The van der Waals surface area contributed by atoms with Gasteiger partial charge in [0.25, 0.3) is 6.43 Å². The molecule has 2 nitrogen and oxygen atoms in total. The Morgan fingerprint density at radius 2 is 2.00 bits per heavy atom. The van der Waals surface area contributed by atoms with Crippen LogP contribution in [0.15, 0.2) is 18.2 Å². The van der Waals surface area contributed by atoms with Gasteiger partial charge in [-0.15, -0.1) is 0 Å². The van der Waals surface area contributed by atoms with Crippen LogP contribution < -0.4 is 0 Å². The van der Waals surface area contributed by atoms with Crippen molar-refractivity contribution in [3.05, 3.63) is 34.3 Å². The van der Waals surface area contributed by atoms with Gasteiger partial charge < -0.3 is 0 Å². The SMILES string of the molecule is Cc1cc(C(=O)CC(=O)C(F)F)ccc1Cl. The molecule has 0 amide bonds. The molecule has 86 valence electrons. The van der Waals surface area contributed by atoms with E-state index >= 15 is 0 Å². The van der Waals surface area contributed by atoms with Crippen LogP contribution in [0.3, 0.4) is 0 Å². The van der Waals surface area contributed by atoms with Crippen LogP contribution in [0.5, 0.6) is 0 Å². The lowest BCUT2D eigenvalue weighted by molar-refractivity contribution is -0.128. The molecular formula is C11H9ClF2O2. The molecule has 16 heavy (non-hydrogen) atoms. The van der Waals surface area contributed by atoms with Crippen LogP contribution in [-0.2, 0) is 4.79 Å². The highest BCUT2D eigenvalue weighted by Gasteiger charge is 2.20. The number of carbonyl (C=O) groups is 2. The molecule has 0 aliphatic carbocycles. The highest BCUT2D eigenvalue weighted by atomic mass is 35.5. The van der Waals surface area contributed by atoms with Gasteiger partial charge in [0.1, 0.15) is 0 Å². The van der Waals surface area contributed by atoms with Crippen LogP contribution in [0, 0.1) is 6.92 Å². The molecule has 1 rings (SSSR count). The Hall–Kier alpha value is -1.29. The van der Waals surface area contributed by atoms with Gasteiger partial charge in [-0.2, -0.15) is 0 Å². The summed E-state index contributed by atoms with van der Waals surface area (Å²) in [5.41, 5.74) is 0.882. The summed E-state index contributed by atoms with van der Waals surface area (Å²) in [6.45, 7) is 1.69. The number of hydrogen-bond donors (Lipinski definition) is 0. The molecule has 0 atom stereocenters. The number of alkyl halides is 2. The topological polar surface area (TPSA) is 34.1 Å². The maximum atomic E-state index is 11.9. The fourth-order valence-corrected chi connectivity index (χ4v) is 1.27. The first-order chi connectivity index (χ1) is 7.41. The minimum atomic E-state index is -3.10. The molecule has 0 unspecified atom stereocenters. The molecule has 0 saturated carbocycles. The summed E-state index contributed by atoms with van der Waals surface area (Å²) in [6, 6.07) is 4.39. The van der Waals surface area contributed by atoms with Gasteiger partial charge in [-0.05, 0) is 30.7 Å². The summed E-state index contributed by atoms with van der Waals surface area (Å²) in [6.07, 6.45) is -3.88. The van der Waals surface area contributed by atoms with Crippen molar-refractivity contribution in [2.75, 3.05) is 0 Å². The molecule has 0 N–H and O–H groups in total. The van der Waals surface area contributed by atoms with Gasteiger partial charge in [0, 0.05) is 10.6 Å². The van der Waals surface area contributed by atoms with Gasteiger partial charge in [0.05, 0.1) is 6.42 Å². The third-order valence-electron chi connectivity index (χ3n) is 2.06. The molecule has 1 aromatic rings. The summed E-state index contributed by atoms with van der Waals surface area (Å²) >= 11 is 5.74. The zero-order valence-electron chi connectivity index (χ0n) is 8.47. The highest BCUT2D eigenvalue weighted by molar-refractivity contribution is 6.31. The van der Waals surface area contributed by atoms with Gasteiger partial charge in [-0.1, -0.05) is 11.6 Å². The number of ketones is 2. The summed E-state index contributed by atoms with van der Waals surface area (Å²) in [4.78, 5) is 22.1. The molecule has 0 radical (unpaired) electrons. The Kier molecular flexibility index (Phi) is 4.12. The molecule has 0 aromatic heterocycles. The third kappa shape index (κ3) is 3.10. The second-order valence-corrected chi connectivity index (χ2v) is 3.74. The third-order valence-corrected chi connectivity index (χ3v) is 2.48. The lowest BCUT2D eigenvalue weighted by atomic mass is 10.0. The smallest absolute Gasteiger partial charge is 0.294 e. The van der Waals surface area contributed by atoms with Gasteiger partial charge in [-0.25, -0.2) is 8.78 Å². The first-order valence-corrected chi connectivity index (χ1v) is 4.90. The number of Topliss-reactive ketones (excluding diaryl/α,β-unsaturated/α-hetero) is 2. The molecule has 1 aromatic carbocycles. The molecule has 0 spiro atoms. The highest BCUT2D eigenvalue weighted by Crippen LogP contribution is 2.17. The predicted molar refractivity (Wildman–Crippen MR) is 56.1 cm³/mol. The van der Waals surface area contributed by atoms with Crippen molar-refractivity contribution >= 4 is 23.2 Å². The summed E-state index contributed by atoms with van der Waals surface area (Å²) in [5, 5.41) is 0.483. The molecule has 0 heterocycles. The van der Waals surface area contributed by atoms with Gasteiger partial charge in [0.15, 0.2) is 5.78 Å². The molecule has 5 heteroatoms. The Labute approximate surface area is 96.2 Å². The van der Waals surface area contributed by atoms with Crippen LogP contribution >= 0.6 is 11.6 Å². The van der Waals surface area contributed by atoms with Gasteiger partial charge in [-0.3, -0.25) is 9.59 Å². The van der Waals surface area contributed by atoms with E-state index in [1.807, 2.05) is 0 Å². The van der Waals surface area contributed by atoms with Crippen LogP contribution in [0.25, 0.3) is 0 Å². The van der Waals surface area contributed by atoms with Crippen LogP contribution in [0.4, 0.5) is 8.78 Å². The van der Waals surface area contributed by atoms with E-state index in [1.54, 1.807) is 6.92 Å². The van der Waals surface area contributed by atoms with E-state index in [0.717, 1.165) is 0 Å². The van der Waals surface area contributed by atoms with E-state index in [1.165, 1.54) is 18.2 Å². The Bertz CT molecular complexity index is 430. The Morgan fingerprint density at radius 1 is 1.38 bits per heavy atom. The molecule has 0 bridgehead atoms.